The van der Waals surface area contributed by atoms with Crippen LogP contribution in [0.3, 0.4) is 0 Å². The Morgan fingerprint density at radius 2 is 1.67 bits per heavy atom. The molecule has 33 heavy (non-hydrogen) atoms. The molecule has 2 aromatic carbocycles. The number of hydrogen-bond acceptors (Lipinski definition) is 5. The van der Waals surface area contributed by atoms with Crippen molar-refractivity contribution in [3.8, 4) is 22.4 Å². The van der Waals surface area contributed by atoms with Crippen molar-refractivity contribution in [2.45, 2.75) is 37.8 Å². The van der Waals surface area contributed by atoms with Crippen molar-refractivity contribution >= 4 is 16.7 Å². The van der Waals surface area contributed by atoms with Crippen LogP contribution >= 0.6 is 0 Å². The van der Waals surface area contributed by atoms with E-state index >= 15 is 0 Å². The van der Waals surface area contributed by atoms with Crippen LogP contribution in [0.2, 0.25) is 0 Å². The van der Waals surface area contributed by atoms with Crippen molar-refractivity contribution in [1.29, 1.82) is 0 Å². The van der Waals surface area contributed by atoms with Gasteiger partial charge in [0.15, 0.2) is 11.3 Å². The van der Waals surface area contributed by atoms with Crippen LogP contribution in [-0.4, -0.2) is 30.3 Å². The SMILES string of the molecule is Cc1nc2ccnn2c2nc(-c3ccc(C4(N)CC(C)(O)C4)cc3)c(-c3ccccc3)cc12. The first-order valence-electron chi connectivity index (χ1n) is 11.2. The molecular weight excluding hydrogens is 410 g/mol. The molecule has 0 unspecified atom stereocenters. The summed E-state index contributed by atoms with van der Waals surface area (Å²) in [5.74, 6) is 0. The number of aryl methyl sites for hydroxylation is 1. The molecule has 1 aliphatic rings. The monoisotopic (exact) mass is 435 g/mol. The van der Waals surface area contributed by atoms with Crippen LogP contribution in [0, 0.1) is 6.92 Å². The second kappa shape index (κ2) is 6.94. The van der Waals surface area contributed by atoms with Crippen molar-refractivity contribution < 1.29 is 5.11 Å². The van der Waals surface area contributed by atoms with Crippen molar-refractivity contribution in [3.63, 3.8) is 0 Å². The lowest BCUT2D eigenvalue weighted by Crippen LogP contribution is -2.58. The van der Waals surface area contributed by atoms with E-state index in [4.69, 9.17) is 15.7 Å². The topological polar surface area (TPSA) is 89.3 Å². The fourth-order valence-corrected chi connectivity index (χ4v) is 5.24. The van der Waals surface area contributed by atoms with Gasteiger partial charge in [-0.3, -0.25) is 0 Å². The minimum atomic E-state index is -0.686. The molecular formula is C27H25N5O. The van der Waals surface area contributed by atoms with E-state index in [0.29, 0.717) is 12.8 Å². The van der Waals surface area contributed by atoms with Crippen molar-refractivity contribution in [1.82, 2.24) is 19.6 Å². The number of nitrogens with two attached hydrogens (primary N) is 1. The molecule has 0 aliphatic heterocycles. The van der Waals surface area contributed by atoms with E-state index in [2.05, 4.69) is 47.6 Å². The Morgan fingerprint density at radius 3 is 2.36 bits per heavy atom. The van der Waals surface area contributed by atoms with E-state index in [1.54, 1.807) is 10.7 Å². The summed E-state index contributed by atoms with van der Waals surface area (Å²) in [6.07, 6.45) is 2.87. The Balaban J connectivity index is 1.55. The summed E-state index contributed by atoms with van der Waals surface area (Å²) in [4.78, 5) is 9.81. The zero-order chi connectivity index (χ0) is 22.8. The first-order valence-corrected chi connectivity index (χ1v) is 11.2. The maximum Gasteiger partial charge on any atom is 0.165 e. The van der Waals surface area contributed by atoms with Gasteiger partial charge >= 0.3 is 0 Å². The number of aliphatic hydroxyl groups is 1. The summed E-state index contributed by atoms with van der Waals surface area (Å²) in [6, 6.07) is 22.6. The largest absolute Gasteiger partial charge is 0.390 e. The zero-order valence-corrected chi connectivity index (χ0v) is 18.7. The molecule has 0 radical (unpaired) electrons. The molecule has 164 valence electrons. The first-order chi connectivity index (χ1) is 15.8. The fourth-order valence-electron chi connectivity index (χ4n) is 5.24. The molecule has 6 heteroatoms. The van der Waals surface area contributed by atoms with Crippen LogP contribution in [0.15, 0.2) is 72.9 Å². The van der Waals surface area contributed by atoms with Crippen LogP contribution in [-0.2, 0) is 5.54 Å². The Hall–Kier alpha value is -3.61. The highest BCUT2D eigenvalue weighted by Crippen LogP contribution is 2.46. The van der Waals surface area contributed by atoms with Gasteiger partial charge in [-0.25, -0.2) is 9.97 Å². The minimum Gasteiger partial charge on any atom is -0.390 e. The van der Waals surface area contributed by atoms with Gasteiger partial charge in [-0.15, -0.1) is 0 Å². The van der Waals surface area contributed by atoms with Gasteiger partial charge in [-0.1, -0.05) is 54.6 Å². The molecule has 1 saturated carbocycles. The predicted molar refractivity (Wildman–Crippen MR) is 130 cm³/mol. The van der Waals surface area contributed by atoms with E-state index in [0.717, 1.165) is 50.3 Å². The van der Waals surface area contributed by atoms with Gasteiger partial charge in [0.05, 0.1) is 23.2 Å². The Labute approximate surface area is 191 Å². The normalized spacial score (nSPS) is 22.5. The summed E-state index contributed by atoms with van der Waals surface area (Å²) < 4.78 is 1.79. The van der Waals surface area contributed by atoms with Crippen LogP contribution in [0.1, 0.15) is 31.0 Å². The minimum absolute atomic E-state index is 0.481. The van der Waals surface area contributed by atoms with Gasteiger partial charge in [0.1, 0.15) is 0 Å². The number of nitrogens with zero attached hydrogens (tertiary/aromatic N) is 4. The van der Waals surface area contributed by atoms with Crippen LogP contribution in [0.25, 0.3) is 39.1 Å². The predicted octanol–water partition coefficient (Wildman–Crippen LogP) is 4.62. The zero-order valence-electron chi connectivity index (χ0n) is 18.7. The smallest absolute Gasteiger partial charge is 0.165 e. The van der Waals surface area contributed by atoms with Crippen LogP contribution in [0.4, 0.5) is 0 Å². The Morgan fingerprint density at radius 1 is 0.939 bits per heavy atom. The second-order valence-electron chi connectivity index (χ2n) is 9.50. The number of fused-ring (bicyclic) bond motifs is 3. The molecule has 6 rings (SSSR count). The third kappa shape index (κ3) is 3.22. The average Bonchev–Trinajstić information content (AvgIpc) is 3.26. The van der Waals surface area contributed by atoms with E-state index < -0.39 is 11.1 Å². The van der Waals surface area contributed by atoms with Gasteiger partial charge in [0.25, 0.3) is 0 Å². The van der Waals surface area contributed by atoms with Crippen LogP contribution in [0.5, 0.6) is 0 Å². The molecule has 0 atom stereocenters. The van der Waals surface area contributed by atoms with E-state index in [1.807, 2.05) is 38.1 Å². The number of rotatable bonds is 3. The molecule has 3 aromatic heterocycles. The van der Waals surface area contributed by atoms with Crippen molar-refractivity contribution in [2.24, 2.45) is 5.73 Å². The Kier molecular flexibility index (Phi) is 4.21. The highest BCUT2D eigenvalue weighted by molar-refractivity contribution is 5.92. The maximum absolute atomic E-state index is 10.2. The van der Waals surface area contributed by atoms with Gasteiger partial charge in [-0.2, -0.15) is 9.61 Å². The third-order valence-electron chi connectivity index (χ3n) is 6.71. The molecule has 6 nitrogen and oxygen atoms in total. The summed E-state index contributed by atoms with van der Waals surface area (Å²) in [5.41, 5.74) is 12.9. The lowest BCUT2D eigenvalue weighted by molar-refractivity contribution is -0.0738. The van der Waals surface area contributed by atoms with E-state index in [-0.39, 0.29) is 0 Å². The molecule has 0 amide bonds. The number of hydrogen-bond donors (Lipinski definition) is 2. The molecule has 0 spiro atoms. The van der Waals surface area contributed by atoms with Gasteiger partial charge in [0.2, 0.25) is 0 Å². The lowest BCUT2D eigenvalue weighted by Gasteiger charge is -2.49. The second-order valence-corrected chi connectivity index (χ2v) is 9.50. The summed E-state index contributed by atoms with van der Waals surface area (Å²) >= 11 is 0. The third-order valence-corrected chi connectivity index (χ3v) is 6.71. The Bertz CT molecular complexity index is 1500. The quantitative estimate of drug-likeness (QED) is 0.432. The molecule has 3 heterocycles. The standard InChI is InChI=1S/C27H25N5O/c1-17-21-14-22(18-6-4-3-5-7-18)24(31-25(21)32-23(30-17)12-13-29-32)19-8-10-20(11-9-19)27(28)15-26(2,33)16-27/h3-14,33H,15-16,28H2,1-2H3. The van der Waals surface area contributed by atoms with E-state index in [9.17, 15) is 5.11 Å². The van der Waals surface area contributed by atoms with Crippen molar-refractivity contribution in [2.75, 3.05) is 0 Å². The number of aromatic nitrogens is 4. The molecule has 1 fully saturated rings. The number of pyridine rings is 1. The van der Waals surface area contributed by atoms with Gasteiger partial charge in [0, 0.05) is 28.1 Å². The fraction of sp³-hybridized carbons (Fsp3) is 0.222. The average molecular weight is 436 g/mol. The maximum atomic E-state index is 10.2. The summed E-state index contributed by atoms with van der Waals surface area (Å²) in [6.45, 7) is 3.85. The van der Waals surface area contributed by atoms with E-state index in [1.165, 1.54) is 0 Å². The van der Waals surface area contributed by atoms with Gasteiger partial charge in [-0.05, 0) is 43.9 Å². The summed E-state index contributed by atoms with van der Waals surface area (Å²) in [7, 11) is 0. The first kappa shape index (κ1) is 20.0. The molecule has 0 bridgehead atoms. The highest BCUT2D eigenvalue weighted by atomic mass is 16.3. The van der Waals surface area contributed by atoms with Gasteiger partial charge < -0.3 is 10.8 Å². The highest BCUT2D eigenvalue weighted by Gasteiger charge is 2.49. The lowest BCUT2D eigenvalue weighted by atomic mass is 9.63. The molecule has 1 aliphatic carbocycles. The van der Waals surface area contributed by atoms with Crippen molar-refractivity contribution in [3.05, 3.63) is 84.2 Å². The molecule has 3 N–H and O–H groups in total. The number of benzene rings is 2. The van der Waals surface area contributed by atoms with Crippen LogP contribution < -0.4 is 5.73 Å². The molecule has 0 saturated heterocycles. The summed E-state index contributed by atoms with van der Waals surface area (Å²) in [5, 5.41) is 15.6. The molecule has 5 aromatic rings.